The van der Waals surface area contributed by atoms with Gasteiger partial charge in [-0.25, -0.2) is 0 Å². The van der Waals surface area contributed by atoms with Gasteiger partial charge in [-0.15, -0.1) is 6.42 Å². The van der Waals surface area contributed by atoms with Gasteiger partial charge in [0.25, 0.3) is 0 Å². The quantitative estimate of drug-likeness (QED) is 0.763. The van der Waals surface area contributed by atoms with E-state index in [1.165, 1.54) is 0 Å². The van der Waals surface area contributed by atoms with E-state index in [1.54, 1.807) is 11.8 Å². The van der Waals surface area contributed by atoms with E-state index in [-0.39, 0.29) is 12.1 Å². The molecule has 0 fully saturated rings. The van der Waals surface area contributed by atoms with Crippen LogP contribution in [-0.4, -0.2) is 41.7 Å². The van der Waals surface area contributed by atoms with Crippen LogP contribution in [0.25, 0.3) is 0 Å². The van der Waals surface area contributed by atoms with E-state index in [2.05, 4.69) is 33.1 Å². The number of ether oxygens (including phenoxy) is 1. The van der Waals surface area contributed by atoms with Crippen LogP contribution in [0.4, 0.5) is 11.9 Å². The summed E-state index contributed by atoms with van der Waals surface area (Å²) < 4.78 is 5.41. The first-order valence-corrected chi connectivity index (χ1v) is 5.86. The zero-order valence-corrected chi connectivity index (χ0v) is 11.3. The molecule has 1 rings (SSSR count). The van der Waals surface area contributed by atoms with E-state index in [4.69, 9.17) is 11.2 Å². The molecule has 0 aliphatic carbocycles. The molecule has 1 atom stereocenters. The molecule has 0 radical (unpaired) electrons. The Bertz CT molecular complexity index is 427. The van der Waals surface area contributed by atoms with Gasteiger partial charge in [0.05, 0.1) is 0 Å². The molecule has 1 heterocycles. The molecule has 0 saturated heterocycles. The predicted octanol–water partition coefficient (Wildman–Crippen LogP) is 1.16. The topological polar surface area (TPSA) is 63.2 Å². The van der Waals surface area contributed by atoms with Gasteiger partial charge in [0.1, 0.15) is 0 Å². The largest absolute Gasteiger partial charge is 0.447 e. The molecule has 0 amide bonds. The van der Waals surface area contributed by atoms with E-state index in [0.717, 1.165) is 13.0 Å². The first kappa shape index (κ1) is 14.0. The minimum atomic E-state index is -0.374. The van der Waals surface area contributed by atoms with Crippen LogP contribution in [0.5, 0.6) is 6.01 Å². The van der Waals surface area contributed by atoms with E-state index < -0.39 is 0 Å². The van der Waals surface area contributed by atoms with E-state index in [0.29, 0.717) is 11.9 Å². The number of hydrogen-bond donors (Lipinski definition) is 1. The Kier molecular flexibility index (Phi) is 5.18. The van der Waals surface area contributed by atoms with Crippen LogP contribution in [-0.2, 0) is 0 Å². The lowest BCUT2D eigenvalue weighted by Gasteiger charge is -2.14. The lowest BCUT2D eigenvalue weighted by atomic mass is 10.4. The van der Waals surface area contributed by atoms with Gasteiger partial charge >= 0.3 is 6.01 Å². The highest BCUT2D eigenvalue weighted by Crippen LogP contribution is 2.14. The maximum atomic E-state index is 5.41. The lowest BCUT2D eigenvalue weighted by molar-refractivity contribution is 0.256. The molecular formula is C12H19N5O. The molecule has 0 aromatic carbocycles. The van der Waals surface area contributed by atoms with Gasteiger partial charge in [0, 0.05) is 20.6 Å². The van der Waals surface area contributed by atoms with Gasteiger partial charge in [-0.3, -0.25) is 0 Å². The molecule has 0 spiro atoms. The summed E-state index contributed by atoms with van der Waals surface area (Å²) >= 11 is 0. The highest BCUT2D eigenvalue weighted by Gasteiger charge is 2.10. The van der Waals surface area contributed by atoms with Gasteiger partial charge in [0.2, 0.25) is 11.9 Å². The van der Waals surface area contributed by atoms with Crippen LogP contribution in [0.3, 0.4) is 0 Å². The Morgan fingerprint density at radius 2 is 2.11 bits per heavy atom. The summed E-state index contributed by atoms with van der Waals surface area (Å²) in [4.78, 5) is 14.4. The van der Waals surface area contributed by atoms with Crippen molar-refractivity contribution in [2.75, 3.05) is 30.9 Å². The second kappa shape index (κ2) is 6.64. The number of anilines is 2. The van der Waals surface area contributed by atoms with Crippen molar-refractivity contribution in [3.8, 4) is 18.4 Å². The second-order valence-electron chi connectivity index (χ2n) is 3.99. The van der Waals surface area contributed by atoms with Crippen molar-refractivity contribution in [3.63, 3.8) is 0 Å². The number of nitrogens with zero attached hydrogens (tertiary/aromatic N) is 4. The van der Waals surface area contributed by atoms with Crippen molar-refractivity contribution < 1.29 is 4.74 Å². The maximum Gasteiger partial charge on any atom is 0.324 e. The molecule has 0 bridgehead atoms. The number of rotatable bonds is 6. The van der Waals surface area contributed by atoms with Gasteiger partial charge in [0.15, 0.2) is 6.10 Å². The van der Waals surface area contributed by atoms with Crippen LogP contribution in [0.1, 0.15) is 20.3 Å². The number of aromatic nitrogens is 3. The predicted molar refractivity (Wildman–Crippen MR) is 71.9 cm³/mol. The Labute approximate surface area is 108 Å². The second-order valence-corrected chi connectivity index (χ2v) is 3.99. The molecule has 1 N–H and O–H groups in total. The molecule has 0 saturated carbocycles. The first-order chi connectivity index (χ1) is 8.56. The van der Waals surface area contributed by atoms with Crippen molar-refractivity contribution in [3.05, 3.63) is 0 Å². The SMILES string of the molecule is C#CC(C)Oc1nc(NCCC)nc(N(C)C)n1. The summed E-state index contributed by atoms with van der Waals surface area (Å²) in [6.07, 6.45) is 5.88. The Morgan fingerprint density at radius 1 is 1.39 bits per heavy atom. The summed E-state index contributed by atoms with van der Waals surface area (Å²) in [5, 5.41) is 3.10. The van der Waals surface area contributed by atoms with Gasteiger partial charge in [-0.2, -0.15) is 15.0 Å². The molecule has 98 valence electrons. The lowest BCUT2D eigenvalue weighted by Crippen LogP contribution is -2.18. The Balaban J connectivity index is 2.95. The van der Waals surface area contributed by atoms with Crippen LogP contribution >= 0.6 is 0 Å². The average molecular weight is 249 g/mol. The Morgan fingerprint density at radius 3 is 2.67 bits per heavy atom. The van der Waals surface area contributed by atoms with Gasteiger partial charge in [-0.1, -0.05) is 12.8 Å². The van der Waals surface area contributed by atoms with E-state index in [9.17, 15) is 0 Å². The minimum absolute atomic E-state index is 0.234. The molecule has 1 unspecified atom stereocenters. The van der Waals surface area contributed by atoms with E-state index in [1.807, 2.05) is 14.1 Å². The fourth-order valence-electron chi connectivity index (χ4n) is 1.11. The summed E-state index contributed by atoms with van der Waals surface area (Å²) in [5.41, 5.74) is 0. The summed E-state index contributed by atoms with van der Waals surface area (Å²) in [7, 11) is 3.71. The normalized spacial score (nSPS) is 11.5. The molecule has 1 aromatic rings. The Hall–Kier alpha value is -2.03. The van der Waals surface area contributed by atoms with Gasteiger partial charge < -0.3 is 15.0 Å². The summed E-state index contributed by atoms with van der Waals surface area (Å²) in [6.45, 7) is 4.62. The van der Waals surface area contributed by atoms with Crippen molar-refractivity contribution in [1.29, 1.82) is 0 Å². The standard InChI is InChI=1S/C12H19N5O/c1-6-8-13-10-14-11(17(4)5)16-12(15-10)18-9(3)7-2/h2,9H,6,8H2,1,3-5H3,(H,13,14,15,16). The summed E-state index contributed by atoms with van der Waals surface area (Å²) in [5.74, 6) is 3.49. The maximum absolute atomic E-state index is 5.41. The smallest absolute Gasteiger partial charge is 0.324 e. The highest BCUT2D eigenvalue weighted by molar-refractivity contribution is 5.37. The van der Waals surface area contributed by atoms with Crippen LogP contribution in [0, 0.1) is 12.3 Å². The molecule has 0 aliphatic rings. The third-order valence-corrected chi connectivity index (χ3v) is 2.05. The number of terminal acetylenes is 1. The fraction of sp³-hybridized carbons (Fsp3) is 0.583. The monoisotopic (exact) mass is 249 g/mol. The molecule has 1 aromatic heterocycles. The third-order valence-electron chi connectivity index (χ3n) is 2.05. The zero-order chi connectivity index (χ0) is 13.5. The van der Waals surface area contributed by atoms with Crippen molar-refractivity contribution >= 4 is 11.9 Å². The van der Waals surface area contributed by atoms with E-state index >= 15 is 0 Å². The van der Waals surface area contributed by atoms with Crippen molar-refractivity contribution in [2.45, 2.75) is 26.4 Å². The van der Waals surface area contributed by atoms with Crippen LogP contribution in [0.2, 0.25) is 0 Å². The average Bonchev–Trinajstić information content (AvgIpc) is 2.35. The van der Waals surface area contributed by atoms with Crippen molar-refractivity contribution in [1.82, 2.24) is 15.0 Å². The number of nitrogens with one attached hydrogen (secondary N) is 1. The fourth-order valence-corrected chi connectivity index (χ4v) is 1.11. The first-order valence-electron chi connectivity index (χ1n) is 5.86. The summed E-state index contributed by atoms with van der Waals surface area (Å²) in [6, 6.07) is 0.234. The molecule has 6 nitrogen and oxygen atoms in total. The van der Waals surface area contributed by atoms with Crippen LogP contribution < -0.4 is 15.0 Å². The van der Waals surface area contributed by atoms with Crippen molar-refractivity contribution in [2.24, 2.45) is 0 Å². The van der Waals surface area contributed by atoms with Gasteiger partial charge in [-0.05, 0) is 13.3 Å². The third kappa shape index (κ3) is 4.09. The molecular weight excluding hydrogens is 230 g/mol. The number of hydrogen-bond acceptors (Lipinski definition) is 6. The molecule has 18 heavy (non-hydrogen) atoms. The minimum Gasteiger partial charge on any atom is -0.447 e. The zero-order valence-electron chi connectivity index (χ0n) is 11.3. The molecule has 0 aliphatic heterocycles. The highest BCUT2D eigenvalue weighted by atomic mass is 16.5. The van der Waals surface area contributed by atoms with Crippen LogP contribution in [0.15, 0.2) is 0 Å². The molecule has 6 heteroatoms.